The number of aryl methyl sites for hydroxylation is 2. The molecule has 1 aromatic heterocycles. The highest BCUT2D eigenvalue weighted by Crippen LogP contribution is 2.48. The number of hydrogen-bond donors (Lipinski definition) is 1. The molecule has 1 fully saturated rings. The Morgan fingerprint density at radius 2 is 2.25 bits per heavy atom. The Hall–Kier alpha value is -0.340. The first-order valence-electron chi connectivity index (χ1n) is 6.51. The Bertz CT molecular complexity index is 368. The number of thiophene rings is 1. The van der Waals surface area contributed by atoms with Gasteiger partial charge >= 0.3 is 0 Å². The molecule has 1 N–H and O–H groups in total. The molecule has 1 saturated carbocycles. The van der Waals surface area contributed by atoms with Gasteiger partial charge in [-0.1, -0.05) is 6.92 Å². The molecule has 2 aliphatic carbocycles. The molecular weight excluding hydrogens is 214 g/mol. The van der Waals surface area contributed by atoms with Crippen molar-refractivity contribution in [2.75, 3.05) is 0 Å². The lowest BCUT2D eigenvalue weighted by molar-refractivity contribution is 0.381. The van der Waals surface area contributed by atoms with Gasteiger partial charge in [-0.2, -0.15) is 0 Å². The van der Waals surface area contributed by atoms with Crippen molar-refractivity contribution < 1.29 is 0 Å². The van der Waals surface area contributed by atoms with Gasteiger partial charge < -0.3 is 5.32 Å². The minimum Gasteiger partial charge on any atom is -0.309 e. The molecule has 0 saturated heterocycles. The third-order valence-electron chi connectivity index (χ3n) is 4.46. The average molecular weight is 235 g/mol. The molecular formula is C14H21NS. The molecule has 0 radical (unpaired) electrons. The molecule has 1 aromatic rings. The van der Waals surface area contributed by atoms with Crippen LogP contribution in [0.4, 0.5) is 0 Å². The van der Waals surface area contributed by atoms with Crippen LogP contribution >= 0.6 is 11.3 Å². The van der Waals surface area contributed by atoms with Crippen molar-refractivity contribution in [3.05, 3.63) is 21.4 Å². The van der Waals surface area contributed by atoms with Crippen LogP contribution in [0.25, 0.3) is 0 Å². The van der Waals surface area contributed by atoms with E-state index in [1.807, 2.05) is 11.3 Å². The third kappa shape index (κ3) is 1.93. The van der Waals surface area contributed by atoms with E-state index in [1.54, 1.807) is 15.3 Å². The summed E-state index contributed by atoms with van der Waals surface area (Å²) in [7, 11) is 0. The number of hydrogen-bond acceptors (Lipinski definition) is 2. The Labute approximate surface area is 102 Å². The fourth-order valence-electron chi connectivity index (χ4n) is 2.61. The molecule has 0 aromatic carbocycles. The van der Waals surface area contributed by atoms with E-state index in [-0.39, 0.29) is 0 Å². The molecule has 0 aliphatic heterocycles. The molecule has 2 heteroatoms. The van der Waals surface area contributed by atoms with E-state index in [2.05, 4.69) is 25.2 Å². The second kappa shape index (κ2) is 3.85. The van der Waals surface area contributed by atoms with Gasteiger partial charge in [0, 0.05) is 22.3 Å². The zero-order valence-electron chi connectivity index (χ0n) is 10.3. The maximum absolute atomic E-state index is 3.70. The van der Waals surface area contributed by atoms with Gasteiger partial charge in [-0.05, 0) is 56.1 Å². The van der Waals surface area contributed by atoms with E-state index in [4.69, 9.17) is 0 Å². The topological polar surface area (TPSA) is 12.0 Å². The lowest BCUT2D eigenvalue weighted by Crippen LogP contribution is -2.32. The van der Waals surface area contributed by atoms with Crippen LogP contribution in [0.15, 0.2) is 6.07 Å². The van der Waals surface area contributed by atoms with Crippen LogP contribution in [0.5, 0.6) is 0 Å². The molecule has 1 nitrogen and oxygen atoms in total. The molecule has 1 atom stereocenters. The zero-order chi connectivity index (χ0) is 11.2. The predicted molar refractivity (Wildman–Crippen MR) is 70.0 cm³/mol. The maximum Gasteiger partial charge on any atom is 0.0302 e. The van der Waals surface area contributed by atoms with Gasteiger partial charge in [0.2, 0.25) is 0 Å². The standard InChI is InChI=1S/C14H21NS/c1-10(14(2)6-7-14)15-9-12-8-11-4-3-5-13(11)16-12/h8,10,15H,3-7,9H2,1-2H3. The quantitative estimate of drug-likeness (QED) is 0.842. The van der Waals surface area contributed by atoms with Crippen molar-refractivity contribution in [1.29, 1.82) is 0 Å². The normalized spacial score (nSPS) is 23.1. The summed E-state index contributed by atoms with van der Waals surface area (Å²) in [6.07, 6.45) is 6.83. The van der Waals surface area contributed by atoms with Gasteiger partial charge in [0.1, 0.15) is 0 Å². The average Bonchev–Trinajstić information content (AvgIpc) is 2.72. The molecule has 0 amide bonds. The fourth-order valence-corrected chi connectivity index (χ4v) is 3.82. The van der Waals surface area contributed by atoms with Crippen molar-refractivity contribution in [1.82, 2.24) is 5.32 Å². The van der Waals surface area contributed by atoms with Crippen molar-refractivity contribution in [3.63, 3.8) is 0 Å². The smallest absolute Gasteiger partial charge is 0.0302 e. The lowest BCUT2D eigenvalue weighted by atomic mass is 10.0. The summed E-state index contributed by atoms with van der Waals surface area (Å²) < 4.78 is 0. The zero-order valence-corrected chi connectivity index (χ0v) is 11.1. The van der Waals surface area contributed by atoms with E-state index in [0.717, 1.165) is 6.54 Å². The summed E-state index contributed by atoms with van der Waals surface area (Å²) in [6.45, 7) is 5.82. The first-order chi connectivity index (χ1) is 7.67. The highest BCUT2D eigenvalue weighted by atomic mass is 32.1. The minimum absolute atomic E-state index is 0.597. The fraction of sp³-hybridized carbons (Fsp3) is 0.714. The number of nitrogens with one attached hydrogen (secondary N) is 1. The van der Waals surface area contributed by atoms with Gasteiger partial charge in [-0.15, -0.1) is 11.3 Å². The van der Waals surface area contributed by atoms with Crippen LogP contribution in [-0.4, -0.2) is 6.04 Å². The van der Waals surface area contributed by atoms with Crippen LogP contribution in [0.3, 0.4) is 0 Å². The highest BCUT2D eigenvalue weighted by molar-refractivity contribution is 7.12. The summed E-state index contributed by atoms with van der Waals surface area (Å²) in [4.78, 5) is 3.20. The van der Waals surface area contributed by atoms with Crippen molar-refractivity contribution >= 4 is 11.3 Å². The Morgan fingerprint density at radius 3 is 2.94 bits per heavy atom. The lowest BCUT2D eigenvalue weighted by Gasteiger charge is -2.19. The molecule has 3 rings (SSSR count). The maximum atomic E-state index is 3.70. The Morgan fingerprint density at radius 1 is 1.44 bits per heavy atom. The molecule has 2 aliphatic rings. The van der Waals surface area contributed by atoms with E-state index in [1.165, 1.54) is 32.1 Å². The summed E-state index contributed by atoms with van der Waals surface area (Å²) >= 11 is 2.03. The largest absolute Gasteiger partial charge is 0.309 e. The molecule has 0 bridgehead atoms. The predicted octanol–water partition coefficient (Wildman–Crippen LogP) is 3.52. The van der Waals surface area contributed by atoms with Gasteiger partial charge in [-0.3, -0.25) is 0 Å². The molecule has 16 heavy (non-hydrogen) atoms. The highest BCUT2D eigenvalue weighted by Gasteiger charge is 2.42. The van der Waals surface area contributed by atoms with Crippen LogP contribution in [0, 0.1) is 5.41 Å². The first-order valence-corrected chi connectivity index (χ1v) is 7.33. The van der Waals surface area contributed by atoms with E-state index >= 15 is 0 Å². The molecule has 1 heterocycles. The second-order valence-electron chi connectivity index (χ2n) is 5.77. The van der Waals surface area contributed by atoms with Gasteiger partial charge in [0.25, 0.3) is 0 Å². The van der Waals surface area contributed by atoms with Crippen LogP contribution in [-0.2, 0) is 19.4 Å². The Balaban J connectivity index is 1.58. The molecule has 88 valence electrons. The molecule has 1 unspecified atom stereocenters. The van der Waals surface area contributed by atoms with E-state index in [0.29, 0.717) is 11.5 Å². The van der Waals surface area contributed by atoms with Gasteiger partial charge in [0.15, 0.2) is 0 Å². The summed E-state index contributed by atoms with van der Waals surface area (Å²) in [5.74, 6) is 0. The van der Waals surface area contributed by atoms with Gasteiger partial charge in [-0.25, -0.2) is 0 Å². The summed E-state index contributed by atoms with van der Waals surface area (Å²) in [6, 6.07) is 3.10. The van der Waals surface area contributed by atoms with Crippen LogP contribution in [0.2, 0.25) is 0 Å². The van der Waals surface area contributed by atoms with Gasteiger partial charge in [0.05, 0.1) is 0 Å². The number of rotatable bonds is 4. The van der Waals surface area contributed by atoms with Crippen molar-refractivity contribution in [3.8, 4) is 0 Å². The second-order valence-corrected chi connectivity index (χ2v) is 6.99. The van der Waals surface area contributed by atoms with E-state index in [9.17, 15) is 0 Å². The van der Waals surface area contributed by atoms with E-state index < -0.39 is 0 Å². The van der Waals surface area contributed by atoms with Crippen LogP contribution in [0.1, 0.15) is 48.4 Å². The SMILES string of the molecule is CC(NCc1cc2c(s1)CCC2)C1(C)CC1. The summed E-state index contributed by atoms with van der Waals surface area (Å²) in [5, 5.41) is 3.70. The first kappa shape index (κ1) is 10.8. The minimum atomic E-state index is 0.597. The van der Waals surface area contributed by atoms with Crippen LogP contribution < -0.4 is 5.32 Å². The molecule has 0 spiro atoms. The Kier molecular flexibility index (Phi) is 2.60. The summed E-state index contributed by atoms with van der Waals surface area (Å²) in [5.41, 5.74) is 2.23. The number of fused-ring (bicyclic) bond motifs is 1. The third-order valence-corrected chi connectivity index (χ3v) is 5.70. The monoisotopic (exact) mass is 235 g/mol. The van der Waals surface area contributed by atoms with Crippen molar-refractivity contribution in [2.45, 2.75) is 58.5 Å². The van der Waals surface area contributed by atoms with Crippen molar-refractivity contribution in [2.24, 2.45) is 5.41 Å².